The van der Waals surface area contributed by atoms with Gasteiger partial charge in [-0.1, -0.05) is 35.3 Å². The number of carbonyl (C=O) groups excluding carboxylic acids is 2. The predicted molar refractivity (Wildman–Crippen MR) is 102 cm³/mol. The lowest BCUT2D eigenvalue weighted by Gasteiger charge is -2.15. The first-order chi connectivity index (χ1) is 12.4. The van der Waals surface area contributed by atoms with Crippen molar-refractivity contribution in [1.29, 1.82) is 0 Å². The molecule has 2 aromatic rings. The molecule has 2 aromatic carbocycles. The Morgan fingerprint density at radius 1 is 1.08 bits per heavy atom. The number of rotatable bonds is 5. The highest BCUT2D eigenvalue weighted by atomic mass is 35.5. The highest BCUT2D eigenvalue weighted by Gasteiger charge is 2.40. The van der Waals surface area contributed by atoms with Crippen molar-refractivity contribution in [3.05, 3.63) is 68.8 Å². The zero-order chi connectivity index (χ0) is 18.8. The first kappa shape index (κ1) is 18.9. The fourth-order valence-corrected chi connectivity index (χ4v) is 3.93. The van der Waals surface area contributed by atoms with Gasteiger partial charge in [-0.05, 0) is 30.3 Å². The summed E-state index contributed by atoms with van der Waals surface area (Å²) in [5, 5.41) is 9.71. The van der Waals surface area contributed by atoms with E-state index in [0.29, 0.717) is 10.6 Å². The number of hydrogen-bond acceptors (Lipinski definition) is 4. The van der Waals surface area contributed by atoms with Crippen LogP contribution in [-0.2, 0) is 9.59 Å². The van der Waals surface area contributed by atoms with Gasteiger partial charge >= 0.3 is 0 Å². The average Bonchev–Trinajstić information content (AvgIpc) is 2.83. The molecule has 1 aliphatic rings. The lowest BCUT2D eigenvalue weighted by molar-refractivity contribution is -0.119. The van der Waals surface area contributed by atoms with E-state index in [1.54, 1.807) is 12.1 Å². The third-order valence-corrected chi connectivity index (χ3v) is 5.25. The molecule has 2 amide bonds. The van der Waals surface area contributed by atoms with E-state index < -0.39 is 17.6 Å². The molecule has 0 atom stereocenters. The molecular weight excluding hydrogens is 400 g/mol. The summed E-state index contributed by atoms with van der Waals surface area (Å²) in [4.78, 5) is 26.9. The van der Waals surface area contributed by atoms with Gasteiger partial charge in [0, 0.05) is 16.3 Å². The summed E-state index contributed by atoms with van der Waals surface area (Å²) in [6.07, 6.45) is 0. The summed E-state index contributed by atoms with van der Waals surface area (Å²) >= 11 is 13.2. The van der Waals surface area contributed by atoms with Gasteiger partial charge in [0.05, 0.1) is 27.8 Å². The van der Waals surface area contributed by atoms with Gasteiger partial charge in [-0.15, -0.1) is 11.8 Å². The molecule has 3 rings (SSSR count). The highest BCUT2D eigenvalue weighted by molar-refractivity contribution is 8.04. The molecule has 8 heteroatoms. The van der Waals surface area contributed by atoms with E-state index in [9.17, 15) is 14.0 Å². The number of aliphatic hydroxyl groups is 1. The number of aliphatic hydroxyl groups excluding tert-OH is 1. The van der Waals surface area contributed by atoms with Crippen molar-refractivity contribution in [3.8, 4) is 0 Å². The maximum absolute atomic E-state index is 13.6. The van der Waals surface area contributed by atoms with E-state index in [1.165, 1.54) is 24.3 Å². The van der Waals surface area contributed by atoms with Crippen LogP contribution in [0, 0.1) is 5.82 Å². The number of benzene rings is 2. The number of carbonyl (C=O) groups is 2. The SMILES string of the molecule is O=C1C(SCCO)=C(c2ccc(Cl)cc2Cl)C(=O)N1c1cccc(F)c1. The van der Waals surface area contributed by atoms with Crippen molar-refractivity contribution in [2.75, 3.05) is 17.3 Å². The minimum absolute atomic E-state index is 0.111. The van der Waals surface area contributed by atoms with Crippen molar-refractivity contribution in [2.45, 2.75) is 0 Å². The number of imide groups is 1. The van der Waals surface area contributed by atoms with Gasteiger partial charge in [0.15, 0.2) is 0 Å². The number of anilines is 1. The minimum atomic E-state index is -0.606. The number of amides is 2. The molecule has 1 aliphatic heterocycles. The lowest BCUT2D eigenvalue weighted by atomic mass is 10.1. The second kappa shape index (κ2) is 7.80. The first-order valence-corrected chi connectivity index (χ1v) is 9.26. The summed E-state index contributed by atoms with van der Waals surface area (Å²) in [6.45, 7) is -0.169. The Kier molecular flexibility index (Phi) is 5.67. The Morgan fingerprint density at radius 2 is 1.85 bits per heavy atom. The van der Waals surface area contributed by atoms with E-state index in [0.717, 1.165) is 22.7 Å². The molecule has 1 heterocycles. The molecule has 4 nitrogen and oxygen atoms in total. The molecule has 0 saturated carbocycles. The molecular formula is C18H12Cl2FNO3S. The highest BCUT2D eigenvalue weighted by Crippen LogP contribution is 2.40. The van der Waals surface area contributed by atoms with Crippen molar-refractivity contribution < 1.29 is 19.1 Å². The molecule has 0 fully saturated rings. The van der Waals surface area contributed by atoms with E-state index in [4.69, 9.17) is 28.3 Å². The smallest absolute Gasteiger partial charge is 0.272 e. The van der Waals surface area contributed by atoms with Gasteiger partial charge in [0.25, 0.3) is 11.8 Å². The average molecular weight is 412 g/mol. The van der Waals surface area contributed by atoms with Crippen molar-refractivity contribution in [1.82, 2.24) is 0 Å². The quantitative estimate of drug-likeness (QED) is 0.750. The van der Waals surface area contributed by atoms with Crippen LogP contribution in [0.2, 0.25) is 10.0 Å². The molecule has 0 spiro atoms. The molecule has 0 aliphatic carbocycles. The second-order valence-corrected chi connectivity index (χ2v) is 7.27. The van der Waals surface area contributed by atoms with Crippen LogP contribution < -0.4 is 4.90 Å². The molecule has 0 aromatic heterocycles. The Bertz CT molecular complexity index is 932. The summed E-state index contributed by atoms with van der Waals surface area (Å²) in [5.41, 5.74) is 0.593. The maximum Gasteiger partial charge on any atom is 0.272 e. The normalized spacial score (nSPS) is 14.5. The summed E-state index contributed by atoms with van der Waals surface area (Å²) in [7, 11) is 0. The van der Waals surface area contributed by atoms with Crippen LogP contribution in [0.1, 0.15) is 5.56 Å². The zero-order valence-electron chi connectivity index (χ0n) is 13.2. The van der Waals surface area contributed by atoms with Gasteiger partial charge in [-0.3, -0.25) is 9.59 Å². The second-order valence-electron chi connectivity index (χ2n) is 5.33. The zero-order valence-corrected chi connectivity index (χ0v) is 15.5. The van der Waals surface area contributed by atoms with Crippen molar-refractivity contribution >= 4 is 58.0 Å². The number of thioether (sulfide) groups is 1. The van der Waals surface area contributed by atoms with E-state index in [-0.39, 0.29) is 33.5 Å². The molecule has 0 radical (unpaired) electrons. The Labute approximate surface area is 163 Å². The Morgan fingerprint density at radius 3 is 2.50 bits per heavy atom. The van der Waals surface area contributed by atoms with Crippen LogP contribution >= 0.6 is 35.0 Å². The fraction of sp³-hybridized carbons (Fsp3) is 0.111. The van der Waals surface area contributed by atoms with Crippen LogP contribution in [0.5, 0.6) is 0 Å². The van der Waals surface area contributed by atoms with E-state index >= 15 is 0 Å². The van der Waals surface area contributed by atoms with Gasteiger partial charge < -0.3 is 5.11 Å². The van der Waals surface area contributed by atoms with Crippen LogP contribution in [0.3, 0.4) is 0 Å². The monoisotopic (exact) mass is 411 g/mol. The van der Waals surface area contributed by atoms with E-state index in [2.05, 4.69) is 0 Å². The maximum atomic E-state index is 13.6. The van der Waals surface area contributed by atoms with Gasteiger partial charge in [-0.25, -0.2) is 9.29 Å². The summed E-state index contributed by atoms with van der Waals surface area (Å²) < 4.78 is 13.6. The van der Waals surface area contributed by atoms with E-state index in [1.807, 2.05) is 0 Å². The van der Waals surface area contributed by atoms with Gasteiger partial charge in [0.2, 0.25) is 0 Å². The van der Waals surface area contributed by atoms with Gasteiger partial charge in [0.1, 0.15) is 5.82 Å². The largest absolute Gasteiger partial charge is 0.396 e. The molecule has 134 valence electrons. The van der Waals surface area contributed by atoms with Crippen LogP contribution in [0.4, 0.5) is 10.1 Å². The molecule has 0 bridgehead atoms. The molecule has 1 N–H and O–H groups in total. The third-order valence-electron chi connectivity index (χ3n) is 3.65. The van der Waals surface area contributed by atoms with Crippen LogP contribution in [0.25, 0.3) is 5.57 Å². The van der Waals surface area contributed by atoms with Crippen LogP contribution in [-0.4, -0.2) is 29.3 Å². The van der Waals surface area contributed by atoms with Crippen molar-refractivity contribution in [3.63, 3.8) is 0 Å². The fourth-order valence-electron chi connectivity index (χ4n) is 2.57. The number of nitrogens with zero attached hydrogens (tertiary/aromatic N) is 1. The summed E-state index contributed by atoms with van der Waals surface area (Å²) in [5.74, 6) is -1.53. The minimum Gasteiger partial charge on any atom is -0.396 e. The van der Waals surface area contributed by atoms with Gasteiger partial charge in [-0.2, -0.15) is 0 Å². The topological polar surface area (TPSA) is 57.6 Å². The van der Waals surface area contributed by atoms with Crippen molar-refractivity contribution in [2.24, 2.45) is 0 Å². The molecule has 26 heavy (non-hydrogen) atoms. The Hall–Kier alpha value is -1.86. The predicted octanol–water partition coefficient (Wildman–Crippen LogP) is 4.14. The molecule has 0 saturated heterocycles. The number of halogens is 3. The third kappa shape index (κ3) is 3.50. The molecule has 0 unspecified atom stereocenters. The standard InChI is InChI=1S/C18H12Cl2FNO3S/c19-10-4-5-13(14(20)8-10)15-16(26-7-6-23)18(25)22(17(15)24)12-3-1-2-11(21)9-12/h1-5,8-9,23H,6-7H2. The number of hydrogen-bond donors (Lipinski definition) is 1. The summed E-state index contributed by atoms with van der Waals surface area (Å²) in [6, 6.07) is 9.81. The lowest BCUT2D eigenvalue weighted by Crippen LogP contribution is -2.31. The first-order valence-electron chi connectivity index (χ1n) is 7.51. The van der Waals surface area contributed by atoms with Crippen LogP contribution in [0.15, 0.2) is 47.4 Å². The Balaban J connectivity index is 2.12.